The summed E-state index contributed by atoms with van der Waals surface area (Å²) in [5, 5.41) is 8.62. The van der Waals surface area contributed by atoms with Crippen LogP contribution < -0.4 is 0 Å². The largest absolute Gasteiger partial charge is 0.493 e. The van der Waals surface area contributed by atoms with Crippen LogP contribution in [0.3, 0.4) is 0 Å². The fourth-order valence-electron chi connectivity index (χ4n) is 0.802. The third-order valence-corrected chi connectivity index (χ3v) is 1.34. The maximum atomic E-state index is 8.62. The summed E-state index contributed by atoms with van der Waals surface area (Å²) < 4.78 is 9.89. The molecule has 3 heteroatoms. The zero-order valence-electron chi connectivity index (χ0n) is 5.28. The van der Waals surface area contributed by atoms with E-state index in [4.69, 9.17) is 14.6 Å². The Morgan fingerprint density at radius 1 is 1.78 bits per heavy atom. The lowest BCUT2D eigenvalue weighted by Crippen LogP contribution is -2.26. The van der Waals surface area contributed by atoms with Crippen LogP contribution in [-0.2, 0) is 9.47 Å². The molecule has 0 saturated heterocycles. The molecule has 1 aliphatic rings. The summed E-state index contributed by atoms with van der Waals surface area (Å²) in [6, 6.07) is 0. The van der Waals surface area contributed by atoms with E-state index in [1.54, 1.807) is 19.4 Å². The van der Waals surface area contributed by atoms with Gasteiger partial charge >= 0.3 is 0 Å². The Labute approximate surface area is 53.9 Å². The van der Waals surface area contributed by atoms with Crippen molar-refractivity contribution < 1.29 is 14.6 Å². The summed E-state index contributed by atoms with van der Waals surface area (Å²) in [4.78, 5) is 0. The quantitative estimate of drug-likeness (QED) is 0.567. The van der Waals surface area contributed by atoms with Gasteiger partial charge in [-0.25, -0.2) is 0 Å². The van der Waals surface area contributed by atoms with Gasteiger partial charge in [-0.1, -0.05) is 0 Å². The van der Waals surface area contributed by atoms with Crippen molar-refractivity contribution in [3.05, 3.63) is 12.3 Å². The molecule has 1 aliphatic heterocycles. The highest BCUT2D eigenvalue weighted by atomic mass is 16.5. The molecule has 0 amide bonds. The molecule has 0 radical (unpaired) electrons. The minimum atomic E-state index is -0.199. The van der Waals surface area contributed by atoms with Gasteiger partial charge in [-0.15, -0.1) is 0 Å². The zero-order chi connectivity index (χ0) is 6.69. The predicted molar refractivity (Wildman–Crippen MR) is 31.9 cm³/mol. The van der Waals surface area contributed by atoms with E-state index in [-0.39, 0.29) is 18.8 Å². The van der Waals surface area contributed by atoms with Gasteiger partial charge in [0.25, 0.3) is 0 Å². The highest BCUT2D eigenvalue weighted by Gasteiger charge is 2.22. The molecule has 9 heavy (non-hydrogen) atoms. The van der Waals surface area contributed by atoms with Gasteiger partial charge in [0.2, 0.25) is 0 Å². The van der Waals surface area contributed by atoms with E-state index in [0.29, 0.717) is 0 Å². The SMILES string of the molecule is COC1C=COC1CO. The highest BCUT2D eigenvalue weighted by Crippen LogP contribution is 2.11. The van der Waals surface area contributed by atoms with E-state index in [1.807, 2.05) is 0 Å². The van der Waals surface area contributed by atoms with E-state index in [0.717, 1.165) is 0 Å². The molecule has 0 aliphatic carbocycles. The van der Waals surface area contributed by atoms with Gasteiger partial charge < -0.3 is 14.6 Å². The third-order valence-electron chi connectivity index (χ3n) is 1.34. The Hall–Kier alpha value is -0.540. The maximum Gasteiger partial charge on any atom is 0.150 e. The standard InChI is InChI=1S/C6H10O3/c1-8-5-2-3-9-6(5)4-7/h2-3,5-7H,4H2,1H3. The van der Waals surface area contributed by atoms with Crippen LogP contribution in [0, 0.1) is 0 Å². The first kappa shape index (κ1) is 6.58. The van der Waals surface area contributed by atoms with Gasteiger partial charge in [0.05, 0.1) is 12.9 Å². The summed E-state index contributed by atoms with van der Waals surface area (Å²) in [6.07, 6.45) is 3.06. The molecule has 0 saturated carbocycles. The van der Waals surface area contributed by atoms with Crippen LogP contribution in [0.15, 0.2) is 12.3 Å². The van der Waals surface area contributed by atoms with Crippen LogP contribution >= 0.6 is 0 Å². The Morgan fingerprint density at radius 3 is 3.00 bits per heavy atom. The van der Waals surface area contributed by atoms with Crippen LogP contribution in [0.4, 0.5) is 0 Å². The summed E-state index contributed by atoms with van der Waals surface area (Å²) in [7, 11) is 1.59. The molecule has 0 aromatic carbocycles. The average Bonchev–Trinajstić information content (AvgIpc) is 2.33. The summed E-state index contributed by atoms with van der Waals surface area (Å²) in [6.45, 7) is 0.00546. The summed E-state index contributed by atoms with van der Waals surface area (Å²) >= 11 is 0. The van der Waals surface area contributed by atoms with Crippen molar-refractivity contribution in [2.75, 3.05) is 13.7 Å². The second kappa shape index (κ2) is 2.85. The number of hydrogen-bond acceptors (Lipinski definition) is 3. The van der Waals surface area contributed by atoms with E-state index in [9.17, 15) is 0 Å². The van der Waals surface area contributed by atoms with Crippen LogP contribution in [0.2, 0.25) is 0 Å². The monoisotopic (exact) mass is 130 g/mol. The van der Waals surface area contributed by atoms with Gasteiger partial charge in [-0.2, -0.15) is 0 Å². The molecule has 1 rings (SSSR count). The lowest BCUT2D eigenvalue weighted by atomic mass is 10.2. The lowest BCUT2D eigenvalue weighted by Gasteiger charge is -2.13. The normalized spacial score (nSPS) is 32.7. The number of aliphatic hydroxyl groups excluding tert-OH is 1. The van der Waals surface area contributed by atoms with Gasteiger partial charge in [-0.05, 0) is 6.08 Å². The second-order valence-electron chi connectivity index (χ2n) is 1.89. The van der Waals surface area contributed by atoms with Crippen molar-refractivity contribution in [1.29, 1.82) is 0 Å². The van der Waals surface area contributed by atoms with Gasteiger partial charge in [0.1, 0.15) is 6.10 Å². The first-order valence-corrected chi connectivity index (χ1v) is 2.84. The third kappa shape index (κ3) is 1.23. The fourth-order valence-corrected chi connectivity index (χ4v) is 0.802. The minimum Gasteiger partial charge on any atom is -0.493 e. The molecule has 0 fully saturated rings. The Kier molecular flexibility index (Phi) is 2.08. The highest BCUT2D eigenvalue weighted by molar-refractivity contribution is 4.96. The van der Waals surface area contributed by atoms with Crippen molar-refractivity contribution in [1.82, 2.24) is 0 Å². The average molecular weight is 130 g/mol. The van der Waals surface area contributed by atoms with Crippen molar-refractivity contribution in [3.63, 3.8) is 0 Å². The molecule has 1 heterocycles. The molecular weight excluding hydrogens is 120 g/mol. The Morgan fingerprint density at radius 2 is 2.56 bits per heavy atom. The minimum absolute atomic E-state index is 0.00546. The van der Waals surface area contributed by atoms with Gasteiger partial charge in [0.15, 0.2) is 6.10 Å². The number of rotatable bonds is 2. The first-order chi connectivity index (χ1) is 4.38. The zero-order valence-corrected chi connectivity index (χ0v) is 5.28. The predicted octanol–water partition coefficient (Wildman–Crippen LogP) is -0.0938. The number of methoxy groups -OCH3 is 1. The van der Waals surface area contributed by atoms with Crippen LogP contribution in [0.1, 0.15) is 0 Å². The molecule has 52 valence electrons. The Bertz CT molecular complexity index is 111. The molecule has 3 nitrogen and oxygen atoms in total. The molecular formula is C6H10O3. The first-order valence-electron chi connectivity index (χ1n) is 2.84. The van der Waals surface area contributed by atoms with Crippen LogP contribution in [0.5, 0.6) is 0 Å². The number of hydrogen-bond donors (Lipinski definition) is 1. The van der Waals surface area contributed by atoms with Crippen LogP contribution in [0.25, 0.3) is 0 Å². The van der Waals surface area contributed by atoms with E-state index < -0.39 is 0 Å². The van der Waals surface area contributed by atoms with Crippen LogP contribution in [-0.4, -0.2) is 31.0 Å². The summed E-state index contributed by atoms with van der Waals surface area (Å²) in [5.41, 5.74) is 0. The van der Waals surface area contributed by atoms with E-state index in [2.05, 4.69) is 0 Å². The number of aliphatic hydroxyl groups is 1. The number of ether oxygens (including phenoxy) is 2. The Balaban J connectivity index is 2.39. The molecule has 0 spiro atoms. The second-order valence-corrected chi connectivity index (χ2v) is 1.89. The van der Waals surface area contributed by atoms with E-state index >= 15 is 0 Å². The molecule has 2 atom stereocenters. The van der Waals surface area contributed by atoms with Gasteiger partial charge in [0, 0.05) is 7.11 Å². The van der Waals surface area contributed by atoms with E-state index in [1.165, 1.54) is 0 Å². The molecule has 2 unspecified atom stereocenters. The molecule has 0 aromatic rings. The molecule has 0 aromatic heterocycles. The summed E-state index contributed by atoms with van der Waals surface area (Å²) in [5.74, 6) is 0. The smallest absolute Gasteiger partial charge is 0.150 e. The van der Waals surface area contributed by atoms with Crippen molar-refractivity contribution in [2.45, 2.75) is 12.2 Å². The lowest BCUT2D eigenvalue weighted by molar-refractivity contribution is -0.0000872. The van der Waals surface area contributed by atoms with Crippen molar-refractivity contribution in [2.24, 2.45) is 0 Å². The van der Waals surface area contributed by atoms with Crippen molar-refractivity contribution >= 4 is 0 Å². The topological polar surface area (TPSA) is 38.7 Å². The molecule has 1 N–H and O–H groups in total. The molecule has 0 bridgehead atoms. The maximum absolute atomic E-state index is 8.62. The van der Waals surface area contributed by atoms with Crippen molar-refractivity contribution in [3.8, 4) is 0 Å². The van der Waals surface area contributed by atoms with Gasteiger partial charge in [-0.3, -0.25) is 0 Å². The fraction of sp³-hybridized carbons (Fsp3) is 0.667.